The second-order valence-electron chi connectivity index (χ2n) is 6.22. The number of carbonyl (C=O) groups excluding carboxylic acids is 1. The van der Waals surface area contributed by atoms with Gasteiger partial charge in [-0.05, 0) is 43.2 Å². The molecular formula is C18H27FN2O3. The van der Waals surface area contributed by atoms with Gasteiger partial charge < -0.3 is 16.2 Å². The minimum atomic E-state index is -0.794. The van der Waals surface area contributed by atoms with Crippen molar-refractivity contribution in [2.75, 3.05) is 11.9 Å². The van der Waals surface area contributed by atoms with Crippen molar-refractivity contribution in [3.63, 3.8) is 0 Å². The van der Waals surface area contributed by atoms with E-state index in [0.717, 1.165) is 12.8 Å². The molecule has 0 aliphatic carbocycles. The van der Waals surface area contributed by atoms with Gasteiger partial charge in [0.2, 0.25) is 5.91 Å². The number of carboxylic acids is 1. The third-order valence-electron chi connectivity index (χ3n) is 3.94. The molecule has 0 saturated carbocycles. The Morgan fingerprint density at radius 1 is 1.25 bits per heavy atom. The number of halogens is 1. The van der Waals surface area contributed by atoms with E-state index in [2.05, 4.69) is 5.32 Å². The molecule has 0 aliphatic rings. The van der Waals surface area contributed by atoms with Gasteiger partial charge >= 0.3 is 5.97 Å². The molecule has 0 saturated heterocycles. The van der Waals surface area contributed by atoms with Crippen molar-refractivity contribution < 1.29 is 19.1 Å². The Labute approximate surface area is 142 Å². The Balaban J connectivity index is 2.43. The van der Waals surface area contributed by atoms with Gasteiger partial charge in [-0.3, -0.25) is 9.59 Å². The number of amides is 1. The molecule has 5 nitrogen and oxygen atoms in total. The number of rotatable bonds is 12. The topological polar surface area (TPSA) is 92.4 Å². The molecule has 134 valence electrons. The summed E-state index contributed by atoms with van der Waals surface area (Å²) in [6, 6.07) is 5.27. The van der Waals surface area contributed by atoms with Crippen LogP contribution in [0.2, 0.25) is 0 Å². The highest BCUT2D eigenvalue weighted by Crippen LogP contribution is 2.21. The van der Waals surface area contributed by atoms with Crippen LogP contribution >= 0.6 is 0 Å². The van der Waals surface area contributed by atoms with E-state index in [-0.39, 0.29) is 24.1 Å². The highest BCUT2D eigenvalue weighted by Gasteiger charge is 2.10. The fraction of sp³-hybridized carbons (Fsp3) is 0.556. The summed E-state index contributed by atoms with van der Waals surface area (Å²) in [5.41, 5.74) is 6.23. The molecular weight excluding hydrogens is 311 g/mol. The molecule has 24 heavy (non-hydrogen) atoms. The molecule has 0 bridgehead atoms. The minimum Gasteiger partial charge on any atom is -0.481 e. The summed E-state index contributed by atoms with van der Waals surface area (Å²) in [7, 11) is 0. The lowest BCUT2D eigenvalue weighted by molar-refractivity contribution is -0.137. The largest absolute Gasteiger partial charge is 0.481 e. The van der Waals surface area contributed by atoms with Gasteiger partial charge in [0.15, 0.2) is 0 Å². The smallest absolute Gasteiger partial charge is 0.303 e. The van der Waals surface area contributed by atoms with Gasteiger partial charge in [0.05, 0.1) is 5.69 Å². The number of unbranched alkanes of at least 4 members (excludes halogenated alkanes) is 2. The standard InChI is InChI=1S/C18H27FN2O3/c1-13(10-11-16(20)22)12-21-15-8-5-7-14(18(15)19)6-3-2-4-9-17(23)24/h5,7-8,13,21H,2-4,6,9-12H2,1H3,(H2,20,22)(H,23,24)/t13-/m0/s1. The van der Waals surface area contributed by atoms with Crippen LogP contribution in [0.15, 0.2) is 18.2 Å². The fourth-order valence-corrected chi connectivity index (χ4v) is 2.45. The second-order valence-corrected chi connectivity index (χ2v) is 6.22. The lowest BCUT2D eigenvalue weighted by atomic mass is 10.0. The zero-order valence-corrected chi connectivity index (χ0v) is 14.2. The summed E-state index contributed by atoms with van der Waals surface area (Å²) in [6.07, 6.45) is 3.92. The van der Waals surface area contributed by atoms with E-state index in [1.165, 1.54) is 0 Å². The van der Waals surface area contributed by atoms with E-state index in [1.807, 2.05) is 13.0 Å². The maximum absolute atomic E-state index is 14.4. The number of nitrogens with one attached hydrogen (secondary N) is 1. The second kappa shape index (κ2) is 10.6. The minimum absolute atomic E-state index is 0.160. The number of hydrogen-bond donors (Lipinski definition) is 3. The van der Waals surface area contributed by atoms with E-state index in [0.29, 0.717) is 43.5 Å². The number of aryl methyl sites for hydroxylation is 1. The van der Waals surface area contributed by atoms with Crippen LogP contribution in [0, 0.1) is 11.7 Å². The van der Waals surface area contributed by atoms with Crippen LogP contribution in [-0.2, 0) is 16.0 Å². The van der Waals surface area contributed by atoms with Gasteiger partial charge in [0.1, 0.15) is 5.82 Å². The first kappa shape index (κ1) is 19.9. The first-order valence-electron chi connectivity index (χ1n) is 8.41. The molecule has 6 heteroatoms. The van der Waals surface area contributed by atoms with Gasteiger partial charge in [-0.2, -0.15) is 0 Å². The number of anilines is 1. The molecule has 1 aromatic rings. The van der Waals surface area contributed by atoms with E-state index < -0.39 is 5.97 Å². The van der Waals surface area contributed by atoms with Crippen LogP contribution < -0.4 is 11.1 Å². The highest BCUT2D eigenvalue weighted by molar-refractivity contribution is 5.73. The molecule has 0 spiro atoms. The van der Waals surface area contributed by atoms with Crippen LogP contribution in [0.25, 0.3) is 0 Å². The van der Waals surface area contributed by atoms with Crippen LogP contribution in [0.1, 0.15) is 51.0 Å². The first-order chi connectivity index (χ1) is 11.4. The Kier molecular flexibility index (Phi) is 8.83. The molecule has 0 aromatic heterocycles. The van der Waals surface area contributed by atoms with Crippen molar-refractivity contribution in [3.8, 4) is 0 Å². The van der Waals surface area contributed by atoms with Gasteiger partial charge in [0, 0.05) is 19.4 Å². The van der Waals surface area contributed by atoms with Crippen LogP contribution in [-0.4, -0.2) is 23.5 Å². The average Bonchev–Trinajstić information content (AvgIpc) is 2.52. The molecule has 4 N–H and O–H groups in total. The summed E-state index contributed by atoms with van der Waals surface area (Å²) < 4.78 is 14.4. The molecule has 0 heterocycles. The molecule has 0 unspecified atom stereocenters. The maximum atomic E-state index is 14.4. The van der Waals surface area contributed by atoms with Gasteiger partial charge in [0.25, 0.3) is 0 Å². The van der Waals surface area contributed by atoms with E-state index >= 15 is 0 Å². The normalized spacial score (nSPS) is 11.9. The SMILES string of the molecule is C[C@@H](CCC(N)=O)CNc1cccc(CCCCCC(=O)O)c1F. The molecule has 0 radical (unpaired) electrons. The molecule has 1 amide bonds. The third-order valence-corrected chi connectivity index (χ3v) is 3.94. The van der Waals surface area contributed by atoms with Crippen molar-refractivity contribution in [2.24, 2.45) is 11.7 Å². The number of hydrogen-bond acceptors (Lipinski definition) is 3. The maximum Gasteiger partial charge on any atom is 0.303 e. The van der Waals surface area contributed by atoms with Crippen molar-refractivity contribution >= 4 is 17.6 Å². The molecule has 1 rings (SSSR count). The molecule has 0 fully saturated rings. The Morgan fingerprint density at radius 2 is 2.00 bits per heavy atom. The van der Waals surface area contributed by atoms with E-state index in [1.54, 1.807) is 12.1 Å². The summed E-state index contributed by atoms with van der Waals surface area (Å²) >= 11 is 0. The number of benzene rings is 1. The van der Waals surface area contributed by atoms with Gasteiger partial charge in [-0.15, -0.1) is 0 Å². The third kappa shape index (κ3) is 7.94. The van der Waals surface area contributed by atoms with Crippen molar-refractivity contribution in [1.29, 1.82) is 0 Å². The highest BCUT2D eigenvalue weighted by atomic mass is 19.1. The average molecular weight is 338 g/mol. The summed E-state index contributed by atoms with van der Waals surface area (Å²) in [4.78, 5) is 21.2. The molecule has 1 aromatic carbocycles. The van der Waals surface area contributed by atoms with Crippen LogP contribution in [0.5, 0.6) is 0 Å². The number of carboxylic acid groups (broad SMARTS) is 1. The van der Waals surface area contributed by atoms with E-state index in [9.17, 15) is 14.0 Å². The zero-order chi connectivity index (χ0) is 17.9. The fourth-order valence-electron chi connectivity index (χ4n) is 2.45. The van der Waals surface area contributed by atoms with Gasteiger partial charge in [-0.25, -0.2) is 4.39 Å². The summed E-state index contributed by atoms with van der Waals surface area (Å²) in [6.45, 7) is 2.56. The quantitative estimate of drug-likeness (QED) is 0.510. The monoisotopic (exact) mass is 338 g/mol. The van der Waals surface area contributed by atoms with Gasteiger partial charge in [-0.1, -0.05) is 25.5 Å². The number of primary amides is 1. The Hall–Kier alpha value is -2.11. The van der Waals surface area contributed by atoms with Crippen LogP contribution in [0.3, 0.4) is 0 Å². The summed E-state index contributed by atoms with van der Waals surface area (Å²) in [5.74, 6) is -1.15. The Bertz CT molecular complexity index is 549. The lowest BCUT2D eigenvalue weighted by Gasteiger charge is -2.14. The van der Waals surface area contributed by atoms with Crippen LogP contribution in [0.4, 0.5) is 10.1 Å². The van der Waals surface area contributed by atoms with Crippen molar-refractivity contribution in [1.82, 2.24) is 0 Å². The summed E-state index contributed by atoms with van der Waals surface area (Å²) in [5, 5.41) is 11.7. The zero-order valence-electron chi connectivity index (χ0n) is 14.2. The number of aliphatic carboxylic acids is 1. The first-order valence-corrected chi connectivity index (χ1v) is 8.41. The van der Waals surface area contributed by atoms with Crippen molar-refractivity contribution in [3.05, 3.63) is 29.6 Å². The predicted octanol–water partition coefficient (Wildman–Crippen LogP) is 3.33. The molecule has 0 aliphatic heterocycles. The number of nitrogens with two attached hydrogens (primary N) is 1. The van der Waals surface area contributed by atoms with E-state index in [4.69, 9.17) is 10.8 Å². The molecule has 1 atom stereocenters. The Morgan fingerprint density at radius 3 is 2.67 bits per heavy atom. The number of carbonyl (C=O) groups is 2. The predicted molar refractivity (Wildman–Crippen MR) is 92.3 cm³/mol. The lowest BCUT2D eigenvalue weighted by Crippen LogP contribution is -2.16. The van der Waals surface area contributed by atoms with Crippen molar-refractivity contribution in [2.45, 2.75) is 51.9 Å².